The fourth-order valence-corrected chi connectivity index (χ4v) is 2.52. The molecule has 0 aliphatic carbocycles. The first-order chi connectivity index (χ1) is 13.9. The molecule has 30 heavy (non-hydrogen) atoms. The molecule has 0 spiro atoms. The molecule has 1 aromatic carbocycles. The van der Waals surface area contributed by atoms with E-state index in [1.54, 1.807) is 0 Å². The summed E-state index contributed by atoms with van der Waals surface area (Å²) in [6.07, 6.45) is -3.70. The number of rotatable bonds is 6. The standard InChI is InChI=1S/C18H15ClF3N3O5/c1-10(26)9-30-23-16(28)13(19)7-11-4-3-5-12(6-11)25-15(27)8-14(18(20,21)22)24(2)17(25)29/h3-8H,9H2,1-2H3,(H,23,28)/b13-7-. The Kier molecular flexibility index (Phi) is 7.00. The van der Waals surface area contributed by atoms with E-state index in [1.807, 2.05) is 5.48 Å². The first-order valence-electron chi connectivity index (χ1n) is 8.21. The molecule has 160 valence electrons. The summed E-state index contributed by atoms with van der Waals surface area (Å²) < 4.78 is 39.8. The van der Waals surface area contributed by atoms with Gasteiger partial charge in [0.05, 0.1) is 5.69 Å². The third kappa shape index (κ3) is 5.45. The Bertz CT molecular complexity index is 1140. The molecule has 12 heteroatoms. The fraction of sp³-hybridized carbons (Fsp3) is 0.222. The number of alkyl halides is 3. The summed E-state index contributed by atoms with van der Waals surface area (Å²) >= 11 is 5.86. The molecule has 8 nitrogen and oxygen atoms in total. The number of Topliss-reactive ketones (excluding diaryl/α,β-unsaturated/α-hetero) is 1. The highest BCUT2D eigenvalue weighted by molar-refractivity contribution is 6.44. The van der Waals surface area contributed by atoms with Crippen LogP contribution in [0, 0.1) is 0 Å². The predicted molar refractivity (Wildman–Crippen MR) is 101 cm³/mol. The molecule has 0 bridgehead atoms. The van der Waals surface area contributed by atoms with Crippen LogP contribution in [-0.2, 0) is 27.7 Å². The minimum absolute atomic E-state index is 0.0271. The number of carbonyl (C=O) groups excluding carboxylic acids is 2. The quantitative estimate of drug-likeness (QED) is 0.539. The molecule has 0 saturated carbocycles. The zero-order valence-corrected chi connectivity index (χ0v) is 16.4. The van der Waals surface area contributed by atoms with Gasteiger partial charge in [-0.1, -0.05) is 23.7 Å². The summed E-state index contributed by atoms with van der Waals surface area (Å²) in [6.45, 7) is 0.897. The molecule has 0 radical (unpaired) electrons. The highest BCUT2D eigenvalue weighted by Gasteiger charge is 2.35. The van der Waals surface area contributed by atoms with Crippen molar-refractivity contribution in [3.05, 3.63) is 67.5 Å². The summed E-state index contributed by atoms with van der Waals surface area (Å²) in [5.74, 6) is -1.18. The van der Waals surface area contributed by atoms with Crippen LogP contribution in [0.3, 0.4) is 0 Å². The molecule has 1 N–H and O–H groups in total. The Morgan fingerprint density at radius 3 is 2.50 bits per heavy atom. The number of nitrogens with one attached hydrogen (secondary N) is 1. The maximum atomic E-state index is 13.0. The number of hydrogen-bond donors (Lipinski definition) is 1. The second-order valence-electron chi connectivity index (χ2n) is 6.05. The molecule has 1 heterocycles. The minimum Gasteiger partial charge on any atom is -0.297 e. The number of amides is 1. The van der Waals surface area contributed by atoms with E-state index in [0.29, 0.717) is 15.2 Å². The topological polar surface area (TPSA) is 99.4 Å². The lowest BCUT2D eigenvalue weighted by molar-refractivity contribution is -0.144. The minimum atomic E-state index is -4.87. The average Bonchev–Trinajstić information content (AvgIpc) is 2.63. The second-order valence-corrected chi connectivity index (χ2v) is 6.46. The average molecular weight is 446 g/mol. The maximum Gasteiger partial charge on any atom is 0.431 e. The monoisotopic (exact) mass is 445 g/mol. The summed E-state index contributed by atoms with van der Waals surface area (Å²) in [7, 11) is 0.896. The number of nitrogens with zero attached hydrogens (tertiary/aromatic N) is 2. The van der Waals surface area contributed by atoms with E-state index < -0.39 is 29.0 Å². The largest absolute Gasteiger partial charge is 0.431 e. The molecule has 0 saturated heterocycles. The van der Waals surface area contributed by atoms with Crippen LogP contribution in [0.5, 0.6) is 0 Å². The van der Waals surface area contributed by atoms with Crippen LogP contribution in [0.15, 0.2) is 45.0 Å². The van der Waals surface area contributed by atoms with Crippen molar-refractivity contribution in [1.82, 2.24) is 14.6 Å². The highest BCUT2D eigenvalue weighted by atomic mass is 35.5. The Hall–Kier alpha value is -3.18. The van der Waals surface area contributed by atoms with E-state index >= 15 is 0 Å². The molecule has 0 aliphatic heterocycles. The molecule has 2 aromatic rings. The Labute approximate surface area is 172 Å². The Morgan fingerprint density at radius 1 is 1.23 bits per heavy atom. The molecule has 2 rings (SSSR count). The third-order valence-electron chi connectivity index (χ3n) is 3.69. The fourth-order valence-electron chi connectivity index (χ4n) is 2.35. The van der Waals surface area contributed by atoms with E-state index in [2.05, 4.69) is 4.84 Å². The molecule has 0 aliphatic rings. The van der Waals surface area contributed by atoms with Crippen LogP contribution in [0.4, 0.5) is 13.2 Å². The first kappa shape index (κ1) is 23.1. The van der Waals surface area contributed by atoms with Gasteiger partial charge in [0, 0.05) is 13.1 Å². The van der Waals surface area contributed by atoms with Crippen molar-refractivity contribution < 1.29 is 27.6 Å². The maximum absolute atomic E-state index is 13.0. The van der Waals surface area contributed by atoms with Gasteiger partial charge in [-0.05, 0) is 30.7 Å². The smallest absolute Gasteiger partial charge is 0.297 e. The number of benzene rings is 1. The molecular formula is C18H15ClF3N3O5. The Morgan fingerprint density at radius 2 is 1.90 bits per heavy atom. The number of carbonyl (C=O) groups is 2. The van der Waals surface area contributed by atoms with Gasteiger partial charge in [-0.3, -0.25) is 23.8 Å². The molecule has 1 aromatic heterocycles. The van der Waals surface area contributed by atoms with Crippen LogP contribution >= 0.6 is 11.6 Å². The lowest BCUT2D eigenvalue weighted by Gasteiger charge is -2.14. The van der Waals surface area contributed by atoms with Gasteiger partial charge in [0.1, 0.15) is 17.3 Å². The molecule has 0 unspecified atom stereocenters. The van der Waals surface area contributed by atoms with Crippen molar-refractivity contribution in [3.63, 3.8) is 0 Å². The summed E-state index contributed by atoms with van der Waals surface area (Å²) in [5.41, 5.74) is -1.55. The van der Waals surface area contributed by atoms with Crippen molar-refractivity contribution in [3.8, 4) is 5.69 Å². The molecule has 0 atom stereocenters. The molecule has 0 fully saturated rings. The van der Waals surface area contributed by atoms with Crippen molar-refractivity contribution in [2.24, 2.45) is 7.05 Å². The van der Waals surface area contributed by atoms with Crippen molar-refractivity contribution in [2.75, 3.05) is 6.61 Å². The Balaban J connectivity index is 2.40. The zero-order chi connectivity index (χ0) is 22.6. The van der Waals surface area contributed by atoms with Gasteiger partial charge in [0.25, 0.3) is 11.5 Å². The second kappa shape index (κ2) is 9.09. The van der Waals surface area contributed by atoms with Gasteiger partial charge in [-0.15, -0.1) is 0 Å². The lowest BCUT2D eigenvalue weighted by atomic mass is 10.2. The lowest BCUT2D eigenvalue weighted by Crippen LogP contribution is -2.40. The van der Waals surface area contributed by atoms with Gasteiger partial charge < -0.3 is 0 Å². The molecular weight excluding hydrogens is 431 g/mol. The number of aromatic nitrogens is 2. The zero-order valence-electron chi connectivity index (χ0n) is 15.6. The van der Waals surface area contributed by atoms with E-state index in [0.717, 1.165) is 7.05 Å². The number of halogens is 4. The van der Waals surface area contributed by atoms with Crippen molar-refractivity contribution in [2.45, 2.75) is 13.1 Å². The summed E-state index contributed by atoms with van der Waals surface area (Å²) in [5, 5.41) is -0.344. The van der Waals surface area contributed by atoms with Crippen molar-refractivity contribution >= 4 is 29.4 Å². The van der Waals surface area contributed by atoms with Crippen molar-refractivity contribution in [1.29, 1.82) is 0 Å². The first-order valence-corrected chi connectivity index (χ1v) is 8.59. The highest BCUT2D eigenvalue weighted by Crippen LogP contribution is 2.27. The normalized spacial score (nSPS) is 12.0. The van der Waals surface area contributed by atoms with Crippen LogP contribution in [-0.4, -0.2) is 27.4 Å². The van der Waals surface area contributed by atoms with Gasteiger partial charge in [-0.25, -0.2) is 14.8 Å². The SMILES string of the molecule is CC(=O)CONC(=O)/C(Cl)=C/c1cccc(-n2c(=O)cc(C(F)(F)F)n(C)c2=O)c1. The van der Waals surface area contributed by atoms with Gasteiger partial charge in [0.15, 0.2) is 5.78 Å². The third-order valence-corrected chi connectivity index (χ3v) is 3.97. The predicted octanol–water partition coefficient (Wildman–Crippen LogP) is 1.77. The van der Waals surface area contributed by atoms with Gasteiger partial charge >= 0.3 is 11.9 Å². The van der Waals surface area contributed by atoms with Gasteiger partial charge in [0.2, 0.25) is 0 Å². The number of hydrogen-bond acceptors (Lipinski definition) is 5. The van der Waals surface area contributed by atoms with E-state index in [9.17, 15) is 32.3 Å². The number of hydroxylamine groups is 1. The van der Waals surface area contributed by atoms with Crippen LogP contribution < -0.4 is 16.7 Å². The van der Waals surface area contributed by atoms with E-state index in [1.165, 1.54) is 37.3 Å². The van der Waals surface area contributed by atoms with E-state index in [4.69, 9.17) is 11.6 Å². The number of ketones is 1. The van der Waals surface area contributed by atoms with E-state index in [-0.39, 0.29) is 28.7 Å². The van der Waals surface area contributed by atoms with Gasteiger partial charge in [-0.2, -0.15) is 13.2 Å². The molecule has 1 amide bonds. The summed E-state index contributed by atoms with van der Waals surface area (Å²) in [6, 6.07) is 5.82. The van der Waals surface area contributed by atoms with Crippen LogP contribution in [0.2, 0.25) is 0 Å². The van der Waals surface area contributed by atoms with Crippen LogP contribution in [0.1, 0.15) is 18.2 Å². The van der Waals surface area contributed by atoms with Crippen LogP contribution in [0.25, 0.3) is 11.8 Å². The summed E-state index contributed by atoms with van der Waals surface area (Å²) in [4.78, 5) is 51.7.